The van der Waals surface area contributed by atoms with E-state index in [1.807, 2.05) is 0 Å². The van der Waals surface area contributed by atoms with E-state index in [2.05, 4.69) is 34.5 Å². The van der Waals surface area contributed by atoms with Crippen LogP contribution in [-0.4, -0.2) is 47.1 Å². The van der Waals surface area contributed by atoms with E-state index in [0.717, 1.165) is 39.4 Å². The Morgan fingerprint density at radius 3 is 2.70 bits per heavy atom. The van der Waals surface area contributed by atoms with Crippen LogP contribution >= 0.6 is 0 Å². The lowest BCUT2D eigenvalue weighted by Crippen LogP contribution is -2.21. The predicted octanol–water partition coefficient (Wildman–Crippen LogP) is 1.90. The van der Waals surface area contributed by atoms with Gasteiger partial charge in [-0.2, -0.15) is 0 Å². The second kappa shape index (κ2) is 8.25. The molecule has 0 bridgehead atoms. The molecule has 4 nitrogen and oxygen atoms in total. The third-order valence-electron chi connectivity index (χ3n) is 3.80. The van der Waals surface area contributed by atoms with Crippen molar-refractivity contribution in [3.8, 4) is 0 Å². The van der Waals surface area contributed by atoms with Crippen LogP contribution in [0, 0.1) is 5.92 Å². The molecule has 0 aliphatic carbocycles. The second-order valence-corrected chi connectivity index (χ2v) is 5.39. The third-order valence-corrected chi connectivity index (χ3v) is 3.80. The fourth-order valence-electron chi connectivity index (χ4n) is 2.67. The molecule has 1 aromatic rings. The number of rotatable bonds is 8. The van der Waals surface area contributed by atoms with Crippen LogP contribution in [0.25, 0.3) is 0 Å². The first-order valence-corrected chi connectivity index (χ1v) is 7.36. The minimum absolute atomic E-state index is 0.676. The number of methoxy groups -OCH3 is 2. The first kappa shape index (κ1) is 15.3. The molecule has 4 heteroatoms. The summed E-state index contributed by atoms with van der Waals surface area (Å²) in [6, 6.07) is 8.86. The second-order valence-electron chi connectivity index (χ2n) is 5.39. The van der Waals surface area contributed by atoms with Gasteiger partial charge in [0, 0.05) is 52.0 Å². The summed E-state index contributed by atoms with van der Waals surface area (Å²) in [4.78, 5) is 2.45. The zero-order chi connectivity index (χ0) is 14.2. The molecule has 1 unspecified atom stereocenters. The van der Waals surface area contributed by atoms with Crippen LogP contribution in [0.2, 0.25) is 0 Å². The summed E-state index contributed by atoms with van der Waals surface area (Å²) >= 11 is 0. The van der Waals surface area contributed by atoms with Crippen LogP contribution in [0.15, 0.2) is 24.3 Å². The van der Waals surface area contributed by atoms with Gasteiger partial charge in [-0.15, -0.1) is 0 Å². The molecule has 1 atom stereocenters. The summed E-state index contributed by atoms with van der Waals surface area (Å²) in [5.41, 5.74) is 2.64. The fraction of sp³-hybridized carbons (Fsp3) is 0.625. The Kier molecular flexibility index (Phi) is 6.30. The molecule has 112 valence electrons. The van der Waals surface area contributed by atoms with Crippen molar-refractivity contribution in [3.05, 3.63) is 29.8 Å². The maximum atomic E-state index is 5.25. The van der Waals surface area contributed by atoms with Crippen LogP contribution in [0.5, 0.6) is 0 Å². The highest BCUT2D eigenvalue weighted by Crippen LogP contribution is 2.24. The minimum Gasteiger partial charge on any atom is -0.384 e. The van der Waals surface area contributed by atoms with Crippen LogP contribution in [0.1, 0.15) is 12.0 Å². The maximum absolute atomic E-state index is 5.25. The van der Waals surface area contributed by atoms with Gasteiger partial charge in [0.2, 0.25) is 0 Å². The lowest BCUT2D eigenvalue weighted by atomic mass is 10.1. The van der Waals surface area contributed by atoms with Gasteiger partial charge in [0.1, 0.15) is 0 Å². The molecule has 1 heterocycles. The maximum Gasteiger partial charge on any atom is 0.0587 e. The van der Waals surface area contributed by atoms with Crippen molar-refractivity contribution in [1.29, 1.82) is 0 Å². The zero-order valence-electron chi connectivity index (χ0n) is 12.6. The highest BCUT2D eigenvalue weighted by Gasteiger charge is 2.22. The molecule has 1 fully saturated rings. The molecular weight excluding hydrogens is 252 g/mol. The highest BCUT2D eigenvalue weighted by atomic mass is 16.5. The van der Waals surface area contributed by atoms with E-state index in [1.54, 1.807) is 14.2 Å². The van der Waals surface area contributed by atoms with Crippen molar-refractivity contribution in [2.24, 2.45) is 5.92 Å². The largest absolute Gasteiger partial charge is 0.384 e. The van der Waals surface area contributed by atoms with Crippen LogP contribution in [0.3, 0.4) is 0 Å². The SMILES string of the molecule is COCCNCc1ccc(N2CCC(COC)C2)cc1. The van der Waals surface area contributed by atoms with Gasteiger partial charge in [0.05, 0.1) is 13.2 Å². The Morgan fingerprint density at radius 2 is 2.00 bits per heavy atom. The standard InChI is InChI=1S/C16H26N2O2/c1-19-10-8-17-11-14-3-5-16(6-4-14)18-9-7-15(12-18)13-20-2/h3-6,15,17H,7-13H2,1-2H3. The van der Waals surface area contributed by atoms with Gasteiger partial charge >= 0.3 is 0 Å². The van der Waals surface area contributed by atoms with E-state index in [-0.39, 0.29) is 0 Å². The van der Waals surface area contributed by atoms with Gasteiger partial charge < -0.3 is 19.7 Å². The fourth-order valence-corrected chi connectivity index (χ4v) is 2.67. The Balaban J connectivity index is 1.79. The molecule has 1 N–H and O–H groups in total. The molecule has 0 amide bonds. The Bertz CT molecular complexity index is 381. The third kappa shape index (κ3) is 4.47. The van der Waals surface area contributed by atoms with E-state index < -0.39 is 0 Å². The van der Waals surface area contributed by atoms with Gasteiger partial charge in [0.25, 0.3) is 0 Å². The van der Waals surface area contributed by atoms with Gasteiger partial charge in [0.15, 0.2) is 0 Å². The highest BCUT2D eigenvalue weighted by molar-refractivity contribution is 5.48. The van der Waals surface area contributed by atoms with Crippen molar-refractivity contribution >= 4 is 5.69 Å². The van der Waals surface area contributed by atoms with Crippen molar-refractivity contribution in [2.45, 2.75) is 13.0 Å². The number of anilines is 1. The molecule has 0 saturated carbocycles. The smallest absolute Gasteiger partial charge is 0.0587 e. The number of nitrogens with one attached hydrogen (secondary N) is 1. The van der Waals surface area contributed by atoms with E-state index in [9.17, 15) is 0 Å². The van der Waals surface area contributed by atoms with Crippen molar-refractivity contribution in [3.63, 3.8) is 0 Å². The van der Waals surface area contributed by atoms with Gasteiger partial charge in [-0.1, -0.05) is 12.1 Å². The molecule has 1 aliphatic heterocycles. The predicted molar refractivity (Wildman–Crippen MR) is 82.2 cm³/mol. The Morgan fingerprint density at radius 1 is 1.20 bits per heavy atom. The van der Waals surface area contributed by atoms with Crippen molar-refractivity contribution in [2.75, 3.05) is 52.0 Å². The lowest BCUT2D eigenvalue weighted by molar-refractivity contribution is 0.161. The molecule has 1 aliphatic rings. The summed E-state index contributed by atoms with van der Waals surface area (Å²) in [6.07, 6.45) is 1.23. The summed E-state index contributed by atoms with van der Waals surface area (Å²) in [7, 11) is 3.51. The minimum atomic E-state index is 0.676. The summed E-state index contributed by atoms with van der Waals surface area (Å²) in [5.74, 6) is 0.676. The van der Waals surface area contributed by atoms with Gasteiger partial charge in [-0.05, 0) is 24.1 Å². The van der Waals surface area contributed by atoms with Gasteiger partial charge in [-0.3, -0.25) is 0 Å². The number of hydrogen-bond donors (Lipinski definition) is 1. The number of benzene rings is 1. The molecule has 0 spiro atoms. The first-order valence-electron chi connectivity index (χ1n) is 7.36. The zero-order valence-corrected chi connectivity index (χ0v) is 12.6. The topological polar surface area (TPSA) is 33.7 Å². The summed E-state index contributed by atoms with van der Waals surface area (Å²) in [5, 5.41) is 3.36. The number of ether oxygens (including phenoxy) is 2. The van der Waals surface area contributed by atoms with E-state index in [0.29, 0.717) is 5.92 Å². The quantitative estimate of drug-likeness (QED) is 0.736. The van der Waals surface area contributed by atoms with Crippen LogP contribution in [0.4, 0.5) is 5.69 Å². The van der Waals surface area contributed by atoms with E-state index >= 15 is 0 Å². The Hall–Kier alpha value is -1.10. The molecule has 1 aromatic carbocycles. The molecule has 0 radical (unpaired) electrons. The van der Waals surface area contributed by atoms with E-state index in [1.165, 1.54) is 17.7 Å². The van der Waals surface area contributed by atoms with Crippen LogP contribution < -0.4 is 10.2 Å². The number of nitrogens with zero attached hydrogens (tertiary/aromatic N) is 1. The normalized spacial score (nSPS) is 18.7. The van der Waals surface area contributed by atoms with Crippen molar-refractivity contribution < 1.29 is 9.47 Å². The first-order chi connectivity index (χ1) is 9.83. The average Bonchev–Trinajstić information content (AvgIpc) is 2.93. The van der Waals surface area contributed by atoms with E-state index in [4.69, 9.17) is 9.47 Å². The number of hydrogen-bond acceptors (Lipinski definition) is 4. The molecule has 0 aromatic heterocycles. The van der Waals surface area contributed by atoms with Crippen LogP contribution in [-0.2, 0) is 16.0 Å². The summed E-state index contributed by atoms with van der Waals surface area (Å²) in [6.45, 7) is 5.67. The molecule has 20 heavy (non-hydrogen) atoms. The monoisotopic (exact) mass is 278 g/mol. The van der Waals surface area contributed by atoms with Crippen molar-refractivity contribution in [1.82, 2.24) is 5.32 Å². The molecular formula is C16H26N2O2. The average molecular weight is 278 g/mol. The van der Waals surface area contributed by atoms with Gasteiger partial charge in [-0.25, -0.2) is 0 Å². The Labute approximate surface area is 122 Å². The molecule has 2 rings (SSSR count). The summed E-state index contributed by atoms with van der Waals surface area (Å²) < 4.78 is 10.3. The molecule has 1 saturated heterocycles. The lowest BCUT2D eigenvalue weighted by Gasteiger charge is -2.19.